The van der Waals surface area contributed by atoms with Crippen LogP contribution in [-0.4, -0.2) is 19.5 Å². The third kappa shape index (κ3) is 4.56. The lowest BCUT2D eigenvalue weighted by atomic mass is 10.5. The Morgan fingerprint density at radius 1 is 1.36 bits per heavy atom. The van der Waals surface area contributed by atoms with Crippen LogP contribution >= 0.6 is 15.9 Å². The molecular weight excluding hydrogens is 208 g/mol. The van der Waals surface area contributed by atoms with Crippen molar-refractivity contribution < 1.29 is 9.47 Å². The van der Waals surface area contributed by atoms with Gasteiger partial charge in [0, 0.05) is 17.7 Å². The maximum atomic E-state index is 5.30. The molecule has 11 heavy (non-hydrogen) atoms. The van der Waals surface area contributed by atoms with E-state index in [9.17, 15) is 0 Å². The van der Waals surface area contributed by atoms with Gasteiger partial charge in [0.05, 0.1) is 0 Å². The van der Waals surface area contributed by atoms with Gasteiger partial charge in [-0.3, -0.25) is 0 Å². The third-order valence-corrected chi connectivity index (χ3v) is 1.97. The van der Waals surface area contributed by atoms with Gasteiger partial charge in [0.2, 0.25) is 0 Å². The molecule has 0 aromatic rings. The first-order chi connectivity index (χ1) is 5.26. The van der Waals surface area contributed by atoms with Crippen LogP contribution < -0.4 is 0 Å². The summed E-state index contributed by atoms with van der Waals surface area (Å²) < 4.78 is 11.5. The second kappa shape index (κ2) is 6.83. The zero-order valence-electron chi connectivity index (χ0n) is 7.26. The van der Waals surface area contributed by atoms with Crippen LogP contribution in [-0.2, 0) is 9.47 Å². The van der Waals surface area contributed by atoms with Crippen LogP contribution in [0.15, 0.2) is 10.6 Å². The molecule has 66 valence electrons. The fourth-order valence-corrected chi connectivity index (χ4v) is 0.910. The molecule has 0 N–H and O–H groups in total. The fraction of sp³-hybridized carbons (Fsp3) is 0.750. The minimum atomic E-state index is -0.227. The van der Waals surface area contributed by atoms with Crippen LogP contribution in [0.3, 0.4) is 0 Å². The SMILES string of the molecule is C/C=C(\Br)C(OCC)OCC. The summed E-state index contributed by atoms with van der Waals surface area (Å²) >= 11 is 3.36. The summed E-state index contributed by atoms with van der Waals surface area (Å²) in [4.78, 5) is 0. The summed E-state index contributed by atoms with van der Waals surface area (Å²) in [6.45, 7) is 7.15. The van der Waals surface area contributed by atoms with E-state index in [-0.39, 0.29) is 6.29 Å². The minimum absolute atomic E-state index is 0.227. The first-order valence-corrected chi connectivity index (χ1v) is 4.60. The highest BCUT2D eigenvalue weighted by atomic mass is 79.9. The van der Waals surface area contributed by atoms with Gasteiger partial charge in [0.25, 0.3) is 0 Å². The Labute approximate surface area is 76.7 Å². The summed E-state index contributed by atoms with van der Waals surface area (Å²) in [6, 6.07) is 0. The predicted octanol–water partition coefficient (Wildman–Crippen LogP) is 2.68. The average molecular weight is 223 g/mol. The molecule has 0 aliphatic rings. The molecule has 0 heterocycles. The second-order valence-electron chi connectivity index (χ2n) is 1.92. The number of allylic oxidation sites excluding steroid dienone is 1. The zero-order valence-corrected chi connectivity index (χ0v) is 8.85. The van der Waals surface area contributed by atoms with Gasteiger partial charge in [-0.2, -0.15) is 0 Å². The van der Waals surface area contributed by atoms with Gasteiger partial charge in [0.15, 0.2) is 6.29 Å². The fourth-order valence-electron chi connectivity index (χ4n) is 0.646. The van der Waals surface area contributed by atoms with E-state index in [0.717, 1.165) is 4.48 Å². The standard InChI is InChI=1S/C8H15BrO2/c1-4-7(9)8(10-5-2)11-6-3/h4,8H,5-6H2,1-3H3/b7-4-. The minimum Gasteiger partial charge on any atom is -0.348 e. The molecule has 0 atom stereocenters. The third-order valence-electron chi connectivity index (χ3n) is 1.14. The largest absolute Gasteiger partial charge is 0.348 e. The van der Waals surface area contributed by atoms with E-state index in [1.807, 2.05) is 26.8 Å². The van der Waals surface area contributed by atoms with Crippen molar-refractivity contribution >= 4 is 15.9 Å². The highest BCUT2D eigenvalue weighted by molar-refractivity contribution is 9.11. The number of hydrogen-bond acceptors (Lipinski definition) is 2. The first kappa shape index (κ1) is 11.1. The smallest absolute Gasteiger partial charge is 0.189 e. The topological polar surface area (TPSA) is 18.5 Å². The Kier molecular flexibility index (Phi) is 6.91. The van der Waals surface area contributed by atoms with Crippen LogP contribution in [0.1, 0.15) is 20.8 Å². The van der Waals surface area contributed by atoms with Crippen molar-refractivity contribution in [3.05, 3.63) is 10.6 Å². The van der Waals surface area contributed by atoms with Crippen LogP contribution in [0.25, 0.3) is 0 Å². The molecule has 0 aromatic heterocycles. The first-order valence-electron chi connectivity index (χ1n) is 3.81. The summed E-state index contributed by atoms with van der Waals surface area (Å²) in [7, 11) is 0. The maximum Gasteiger partial charge on any atom is 0.189 e. The van der Waals surface area contributed by atoms with E-state index in [2.05, 4.69) is 15.9 Å². The van der Waals surface area contributed by atoms with Crippen LogP contribution in [0.4, 0.5) is 0 Å². The van der Waals surface area contributed by atoms with Crippen LogP contribution in [0.2, 0.25) is 0 Å². The molecule has 3 heteroatoms. The quantitative estimate of drug-likeness (QED) is 0.667. The number of hydrogen-bond donors (Lipinski definition) is 0. The normalized spacial score (nSPS) is 12.6. The molecule has 0 aromatic carbocycles. The van der Waals surface area contributed by atoms with E-state index in [4.69, 9.17) is 9.47 Å². The highest BCUT2D eigenvalue weighted by Gasteiger charge is 2.09. The Balaban J connectivity index is 3.87. The monoisotopic (exact) mass is 222 g/mol. The molecule has 0 bridgehead atoms. The number of rotatable bonds is 5. The summed E-state index contributed by atoms with van der Waals surface area (Å²) in [6.07, 6.45) is 1.70. The van der Waals surface area contributed by atoms with Crippen molar-refractivity contribution in [2.24, 2.45) is 0 Å². The van der Waals surface area contributed by atoms with E-state index in [1.54, 1.807) is 0 Å². The lowest BCUT2D eigenvalue weighted by molar-refractivity contribution is -0.105. The zero-order chi connectivity index (χ0) is 8.69. The molecule has 0 fully saturated rings. The number of ether oxygens (including phenoxy) is 2. The second-order valence-corrected chi connectivity index (χ2v) is 2.83. The van der Waals surface area contributed by atoms with Crippen molar-refractivity contribution in [1.29, 1.82) is 0 Å². The molecule has 0 aliphatic carbocycles. The van der Waals surface area contributed by atoms with Crippen molar-refractivity contribution in [2.75, 3.05) is 13.2 Å². The molecular formula is C8H15BrO2. The lowest BCUT2D eigenvalue weighted by Crippen LogP contribution is -2.17. The van der Waals surface area contributed by atoms with Crippen LogP contribution in [0, 0.1) is 0 Å². The Morgan fingerprint density at radius 2 is 1.82 bits per heavy atom. The summed E-state index contributed by atoms with van der Waals surface area (Å²) in [5.74, 6) is 0. The number of halogens is 1. The molecule has 0 amide bonds. The molecule has 0 unspecified atom stereocenters. The van der Waals surface area contributed by atoms with Crippen molar-refractivity contribution in [3.8, 4) is 0 Å². The van der Waals surface area contributed by atoms with E-state index in [0.29, 0.717) is 13.2 Å². The van der Waals surface area contributed by atoms with Crippen LogP contribution in [0.5, 0.6) is 0 Å². The summed E-state index contributed by atoms with van der Waals surface area (Å²) in [5, 5.41) is 0. The van der Waals surface area contributed by atoms with Gasteiger partial charge in [-0.15, -0.1) is 0 Å². The molecule has 2 nitrogen and oxygen atoms in total. The summed E-state index contributed by atoms with van der Waals surface area (Å²) in [5.41, 5.74) is 0. The molecule has 0 rings (SSSR count). The average Bonchev–Trinajstić information content (AvgIpc) is 2.03. The van der Waals surface area contributed by atoms with Gasteiger partial charge in [0.1, 0.15) is 0 Å². The van der Waals surface area contributed by atoms with Crippen molar-refractivity contribution in [1.82, 2.24) is 0 Å². The van der Waals surface area contributed by atoms with Gasteiger partial charge in [-0.1, -0.05) is 22.0 Å². The predicted molar refractivity (Wildman–Crippen MR) is 49.7 cm³/mol. The Bertz CT molecular complexity index is 117. The maximum absolute atomic E-state index is 5.30. The van der Waals surface area contributed by atoms with Gasteiger partial charge in [-0.25, -0.2) is 0 Å². The lowest BCUT2D eigenvalue weighted by Gasteiger charge is -2.15. The molecule has 0 saturated carbocycles. The highest BCUT2D eigenvalue weighted by Crippen LogP contribution is 2.14. The Hall–Kier alpha value is 0.140. The van der Waals surface area contributed by atoms with E-state index >= 15 is 0 Å². The van der Waals surface area contributed by atoms with Gasteiger partial charge < -0.3 is 9.47 Å². The molecule has 0 saturated heterocycles. The van der Waals surface area contributed by atoms with E-state index in [1.165, 1.54) is 0 Å². The van der Waals surface area contributed by atoms with Crippen molar-refractivity contribution in [3.63, 3.8) is 0 Å². The van der Waals surface area contributed by atoms with Crippen molar-refractivity contribution in [2.45, 2.75) is 27.1 Å². The van der Waals surface area contributed by atoms with E-state index < -0.39 is 0 Å². The van der Waals surface area contributed by atoms with Gasteiger partial charge >= 0.3 is 0 Å². The molecule has 0 aliphatic heterocycles. The molecule has 0 radical (unpaired) electrons. The van der Waals surface area contributed by atoms with Gasteiger partial charge in [-0.05, 0) is 20.8 Å². The Morgan fingerprint density at radius 3 is 2.09 bits per heavy atom. The molecule has 0 spiro atoms.